The highest BCUT2D eigenvalue weighted by Gasteiger charge is 2.43. The highest BCUT2D eigenvalue weighted by atomic mass is 33.1. The molecule has 0 bridgehead atoms. The molecule has 26 heteroatoms. The van der Waals surface area contributed by atoms with Crippen LogP contribution >= 0.6 is 45.1 Å². The molecule has 1 saturated heterocycles. The van der Waals surface area contributed by atoms with Gasteiger partial charge in [0.1, 0.15) is 24.1 Å². The van der Waals surface area contributed by atoms with Gasteiger partial charge in [-0.1, -0.05) is 70.6 Å². The fourth-order valence-corrected chi connectivity index (χ4v) is 9.57. The number of esters is 1. The van der Waals surface area contributed by atoms with Gasteiger partial charge in [0.25, 0.3) is 0 Å². The first-order valence-corrected chi connectivity index (χ1v) is 24.7. The molecular weight excluding hydrogens is 831 g/mol. The van der Waals surface area contributed by atoms with Gasteiger partial charge in [0.05, 0.1) is 37.2 Å². The smallest absolute Gasteiger partial charge is 0.466 e. The Morgan fingerprint density at radius 2 is 1.87 bits per heavy atom. The van der Waals surface area contributed by atoms with Gasteiger partial charge in [0, 0.05) is 30.4 Å². The molecule has 3 unspecified atom stereocenters. The second-order valence-electron chi connectivity index (χ2n) is 11.6. The van der Waals surface area contributed by atoms with E-state index in [-0.39, 0.29) is 47.9 Å². The van der Waals surface area contributed by atoms with E-state index in [1.54, 1.807) is 21.6 Å². The second kappa shape index (κ2) is 22.1. The highest BCUT2D eigenvalue weighted by Crippen LogP contribution is 2.66. The van der Waals surface area contributed by atoms with Gasteiger partial charge in [-0.2, -0.15) is 13.6 Å². The van der Waals surface area contributed by atoms with Crippen LogP contribution < -0.4 is 11.4 Å². The molecule has 0 aliphatic carbocycles. The van der Waals surface area contributed by atoms with Crippen LogP contribution in [0.15, 0.2) is 11.0 Å². The number of nitrogens with two attached hydrogens (primary N) is 1. The third-order valence-corrected chi connectivity index (χ3v) is 15.0. The topological polar surface area (TPSA) is 275 Å². The highest BCUT2D eigenvalue weighted by molar-refractivity contribution is 8.77. The van der Waals surface area contributed by atoms with Crippen molar-refractivity contribution in [1.82, 2.24) is 9.55 Å². The fraction of sp³-hybridized carbons (Fsp3) is 0.731. The van der Waals surface area contributed by atoms with Crippen LogP contribution in [0.4, 0.5) is 5.82 Å². The molecule has 0 aromatic carbocycles. The summed E-state index contributed by atoms with van der Waals surface area (Å²) in [5.74, 6) is 6.22. The maximum absolute atomic E-state index is 12.8. The number of phosphoric ester groups is 1. The minimum Gasteiger partial charge on any atom is -0.466 e. The predicted octanol–water partition coefficient (Wildman–Crippen LogP) is 3.51. The number of rotatable bonds is 22. The number of carbonyl (C=O) groups excluding carboxylic acids is 1. The molecule has 1 aromatic heterocycles. The molecule has 0 saturated carbocycles. The molecule has 298 valence electrons. The quantitative estimate of drug-likeness (QED) is 0.0278. The second-order valence-corrected chi connectivity index (χ2v) is 22.2. The van der Waals surface area contributed by atoms with Crippen molar-refractivity contribution in [2.24, 2.45) is 0 Å². The summed E-state index contributed by atoms with van der Waals surface area (Å²) in [6, 6.07) is 0. The van der Waals surface area contributed by atoms with Crippen molar-refractivity contribution in [3.05, 3.63) is 22.2 Å². The van der Waals surface area contributed by atoms with Crippen LogP contribution in [0.25, 0.3) is 0 Å². The molecule has 1 aliphatic rings. The molecule has 1 aromatic rings. The molecule has 6 atom stereocenters. The molecule has 1 fully saturated rings. The Balaban J connectivity index is 1.98. The Labute approximate surface area is 316 Å². The first kappa shape index (κ1) is 47.4. The van der Waals surface area contributed by atoms with Gasteiger partial charge >= 0.3 is 35.1 Å². The first-order valence-electron chi connectivity index (χ1n) is 15.4. The number of unbranched alkanes of at least 4 members (excludes halogenated alkanes) is 1. The number of nitrogens with zero attached hydrogens (tertiary/aromatic N) is 2. The predicted molar refractivity (Wildman–Crippen MR) is 198 cm³/mol. The summed E-state index contributed by atoms with van der Waals surface area (Å²) in [7, 11) is -14.0. The van der Waals surface area contributed by atoms with Gasteiger partial charge in [0.15, 0.2) is 0 Å². The van der Waals surface area contributed by atoms with E-state index < -0.39 is 69.6 Å². The van der Waals surface area contributed by atoms with Crippen molar-refractivity contribution in [2.45, 2.75) is 83.0 Å². The Morgan fingerprint density at radius 1 is 1.17 bits per heavy atom. The largest absolute Gasteiger partial charge is 0.490 e. The number of aromatic nitrogens is 2. The van der Waals surface area contributed by atoms with Gasteiger partial charge < -0.3 is 44.3 Å². The van der Waals surface area contributed by atoms with Gasteiger partial charge in [0.2, 0.25) is 0 Å². The Kier molecular flexibility index (Phi) is 20.2. The van der Waals surface area contributed by atoms with Gasteiger partial charge in [-0.3, -0.25) is 13.9 Å². The summed E-state index contributed by atoms with van der Waals surface area (Å²) in [4.78, 5) is 65.5. The zero-order valence-corrected chi connectivity index (χ0v) is 34.7. The van der Waals surface area contributed by atoms with Crippen LogP contribution in [0.3, 0.4) is 0 Å². The van der Waals surface area contributed by atoms with E-state index in [2.05, 4.69) is 46.2 Å². The van der Waals surface area contributed by atoms with E-state index in [1.165, 1.54) is 6.20 Å². The van der Waals surface area contributed by atoms with Gasteiger partial charge in [-0.05, 0) is 29.8 Å². The molecule has 19 nitrogen and oxygen atoms in total. The van der Waals surface area contributed by atoms with Crippen molar-refractivity contribution < 1.29 is 70.2 Å². The van der Waals surface area contributed by atoms with Crippen LogP contribution in [-0.2, 0) is 71.2 Å². The summed E-state index contributed by atoms with van der Waals surface area (Å²) in [5.41, 5.74) is 5.23. The lowest BCUT2D eigenvalue weighted by molar-refractivity contribution is -0.143. The first-order chi connectivity index (χ1) is 24.1. The monoisotopic (exact) mass is 875 g/mol. The van der Waals surface area contributed by atoms with E-state index in [4.69, 9.17) is 50.2 Å². The number of ether oxygens (including phenoxy) is 4. The van der Waals surface area contributed by atoms with Crippen molar-refractivity contribution in [3.8, 4) is 11.8 Å². The fourth-order valence-electron chi connectivity index (χ4n) is 3.88. The zero-order valence-electron chi connectivity index (χ0n) is 28.7. The number of carbonyl (C=O) groups is 1. The molecule has 0 amide bonds. The molecule has 2 heterocycles. The molecule has 0 radical (unpaired) electrons. The van der Waals surface area contributed by atoms with E-state index in [0.717, 1.165) is 11.0 Å². The van der Waals surface area contributed by atoms with E-state index in [1.807, 2.05) is 6.92 Å². The molecule has 52 heavy (non-hydrogen) atoms. The van der Waals surface area contributed by atoms with Crippen LogP contribution in [0.5, 0.6) is 0 Å². The number of hydrogen-bond acceptors (Lipinski definition) is 17. The minimum atomic E-state index is -5.75. The normalized spacial score (nSPS) is 20.7. The molecule has 1 aliphatic heterocycles. The van der Waals surface area contributed by atoms with Crippen LogP contribution in [0, 0.1) is 11.8 Å². The minimum absolute atomic E-state index is 0.0153. The number of nitrogen functional groups attached to an aromatic ring is 1. The van der Waals surface area contributed by atoms with Crippen molar-refractivity contribution in [3.63, 3.8) is 0 Å². The van der Waals surface area contributed by atoms with E-state index in [9.17, 15) is 33.1 Å². The summed E-state index contributed by atoms with van der Waals surface area (Å²) in [5, 5.41) is 0. The maximum Gasteiger partial charge on any atom is 0.490 e. The Morgan fingerprint density at radius 3 is 2.52 bits per heavy atom. The third kappa shape index (κ3) is 19.7. The van der Waals surface area contributed by atoms with Crippen molar-refractivity contribution >= 4 is 77.5 Å². The third-order valence-electron chi connectivity index (χ3n) is 6.09. The molecule has 6 N–H and O–H groups in total. The average Bonchev–Trinajstić information content (AvgIpc) is 3.41. The van der Waals surface area contributed by atoms with Crippen LogP contribution in [0.1, 0.15) is 71.6 Å². The Bertz CT molecular complexity index is 1630. The average molecular weight is 876 g/mol. The van der Waals surface area contributed by atoms with Gasteiger partial charge in [-0.15, -0.1) is 0 Å². The molecular formula is C26H44N3O16P3S4. The number of phosphoric acid groups is 3. The summed E-state index contributed by atoms with van der Waals surface area (Å²) in [6.07, 6.45) is -0.362. The number of hydrogen-bond donors (Lipinski definition) is 5. The maximum atomic E-state index is 12.8. The van der Waals surface area contributed by atoms with Crippen LogP contribution in [0.2, 0.25) is 0 Å². The van der Waals surface area contributed by atoms with Gasteiger partial charge in [-0.25, -0.2) is 18.5 Å². The molecule has 0 spiro atoms. The lowest BCUT2D eigenvalue weighted by Gasteiger charge is -2.21. The van der Waals surface area contributed by atoms with Crippen molar-refractivity contribution in [1.29, 1.82) is 0 Å². The zero-order chi connectivity index (χ0) is 39.2. The summed E-state index contributed by atoms with van der Waals surface area (Å²) >= 11 is 5.30. The SMILES string of the molecule is CCS(=S)CO[C@H]1C[C@H](n2cc(C#CCCC(=O)OCCCCOCSSC(C)(C)C)c(N)nc2=O)O[C@@H]1COP(=O)(O)OP(=O)(O)OP(=O)(O)O. The van der Waals surface area contributed by atoms with E-state index in [0.29, 0.717) is 24.7 Å². The lowest BCUT2D eigenvalue weighted by Crippen LogP contribution is -2.30. The molecule has 2 rings (SSSR count). The Hall–Kier alpha value is -0.730. The summed E-state index contributed by atoms with van der Waals surface area (Å²) < 4.78 is 70.8. The van der Waals surface area contributed by atoms with E-state index >= 15 is 0 Å². The van der Waals surface area contributed by atoms with Crippen molar-refractivity contribution in [2.75, 3.05) is 43.2 Å². The lowest BCUT2D eigenvalue weighted by atomic mass is 10.2. The summed E-state index contributed by atoms with van der Waals surface area (Å²) in [6.45, 7) is 8.23. The standard InChI is InChI=1S/C26H44N3O16P3S4/c1-5-52(49)18-41-20-14-22(43-21(20)16-42-47(35,36)45-48(37,38)44-46(32,33)34)29-15-19(24(27)28-25(29)31)10-6-7-11-23(30)40-13-9-8-12-39-17-50-51-26(2,3)4/h15,20-22H,5,7-9,11-14,16-18H2,1-4H3,(H,35,36)(H,37,38)(H2,27,28,31)(H2,32,33,34)/t20-,21+,22+,52?/m0/s1. The van der Waals surface area contributed by atoms with Crippen LogP contribution in [-0.4, -0.2) is 89.5 Å². The number of anilines is 1.